The van der Waals surface area contributed by atoms with Gasteiger partial charge in [-0.05, 0) is 0 Å². The zero-order valence-corrected chi connectivity index (χ0v) is 10.2. The quantitative estimate of drug-likeness (QED) is 0.745. The molecule has 0 heterocycles. The summed E-state index contributed by atoms with van der Waals surface area (Å²) in [4.78, 5) is 21.2. The Labute approximate surface area is 77.5 Å². The third kappa shape index (κ3) is 7.08. The molecule has 0 aromatic rings. The molecule has 0 atom stereocenters. The molecule has 0 saturated heterocycles. The van der Waals surface area contributed by atoms with Gasteiger partial charge in [-0.1, -0.05) is 0 Å². The molecule has 0 rings (SSSR count). The van der Waals surface area contributed by atoms with Crippen LogP contribution < -0.4 is 0 Å². The van der Waals surface area contributed by atoms with Crippen LogP contribution in [-0.4, -0.2) is 27.5 Å². The Hall–Kier alpha value is 0.710. The Morgan fingerprint density at radius 2 is 1.36 bits per heavy atom. The third-order valence-corrected chi connectivity index (χ3v) is 8.49. The summed E-state index contributed by atoms with van der Waals surface area (Å²) >= 11 is -3.09. The van der Waals surface area contributed by atoms with Crippen molar-refractivity contribution in [1.29, 1.82) is 0 Å². The van der Waals surface area contributed by atoms with Gasteiger partial charge >= 0.3 is 77.8 Å². The summed E-state index contributed by atoms with van der Waals surface area (Å²) in [5, 5.41) is 0. The van der Waals surface area contributed by atoms with Crippen LogP contribution in [0.3, 0.4) is 0 Å². The first kappa shape index (κ1) is 11.7. The molecular formula is C6H10Cl2O2Te. The summed E-state index contributed by atoms with van der Waals surface area (Å²) in [5.41, 5.74) is 0. The fourth-order valence-corrected chi connectivity index (χ4v) is 8.46. The van der Waals surface area contributed by atoms with Gasteiger partial charge in [-0.15, -0.1) is 0 Å². The van der Waals surface area contributed by atoms with Crippen LogP contribution in [0, 0.1) is 0 Å². The van der Waals surface area contributed by atoms with E-state index in [2.05, 4.69) is 0 Å². The number of hydrogen-bond acceptors (Lipinski definition) is 2. The molecule has 0 spiro atoms. The van der Waals surface area contributed by atoms with Crippen molar-refractivity contribution in [3.05, 3.63) is 0 Å². The Morgan fingerprint density at radius 1 is 1.09 bits per heavy atom. The number of rotatable bonds is 4. The molecule has 0 radical (unpaired) electrons. The van der Waals surface area contributed by atoms with Gasteiger partial charge in [-0.25, -0.2) is 0 Å². The molecule has 5 heteroatoms. The number of carbonyl (C=O) groups is 2. The summed E-state index contributed by atoms with van der Waals surface area (Å²) < 4.78 is 0.427. The van der Waals surface area contributed by atoms with Gasteiger partial charge in [0.15, 0.2) is 0 Å². The van der Waals surface area contributed by atoms with Gasteiger partial charge in [0.2, 0.25) is 0 Å². The summed E-state index contributed by atoms with van der Waals surface area (Å²) in [7, 11) is 11.7. The van der Waals surface area contributed by atoms with E-state index >= 15 is 0 Å². The molecule has 11 heavy (non-hydrogen) atoms. The predicted octanol–water partition coefficient (Wildman–Crippen LogP) is 2.08. The first-order valence-corrected chi connectivity index (χ1v) is 12.2. The van der Waals surface area contributed by atoms with Crippen molar-refractivity contribution >= 4 is 45.4 Å². The van der Waals surface area contributed by atoms with Crippen molar-refractivity contribution in [2.24, 2.45) is 0 Å². The molecule has 0 amide bonds. The maximum absolute atomic E-state index is 10.6. The fraction of sp³-hybridized carbons (Fsp3) is 0.667. The van der Waals surface area contributed by atoms with Crippen LogP contribution in [0.5, 0.6) is 0 Å². The van der Waals surface area contributed by atoms with Crippen molar-refractivity contribution in [3.63, 3.8) is 0 Å². The topological polar surface area (TPSA) is 34.1 Å². The van der Waals surface area contributed by atoms with Crippen LogP contribution in [0.15, 0.2) is 0 Å². The van der Waals surface area contributed by atoms with Gasteiger partial charge in [0.05, 0.1) is 0 Å². The van der Waals surface area contributed by atoms with Crippen LogP contribution in [0.4, 0.5) is 0 Å². The molecule has 0 fully saturated rings. The Morgan fingerprint density at radius 3 is 1.55 bits per heavy atom. The number of hydrogen-bond donors (Lipinski definition) is 0. The molecule has 0 aromatic heterocycles. The second-order valence-electron chi connectivity index (χ2n) is 2.39. The van der Waals surface area contributed by atoms with E-state index in [-0.39, 0.29) is 20.5 Å². The number of Topliss-reactive ketones (excluding diaryl/α,β-unsaturated/α-hetero) is 2. The Bertz CT molecular complexity index is 161. The van der Waals surface area contributed by atoms with Crippen molar-refractivity contribution in [2.45, 2.75) is 22.8 Å². The zero-order chi connectivity index (χ0) is 9.07. The van der Waals surface area contributed by atoms with E-state index in [0.29, 0.717) is 0 Å². The van der Waals surface area contributed by atoms with Crippen LogP contribution in [-0.2, 0) is 9.59 Å². The van der Waals surface area contributed by atoms with Gasteiger partial charge in [-0.3, -0.25) is 0 Å². The molecule has 0 aromatic carbocycles. The SMILES string of the molecule is CC(=O)C[Te](Cl)(Cl)CC(C)=O. The summed E-state index contributed by atoms with van der Waals surface area (Å²) in [6, 6.07) is 0. The van der Waals surface area contributed by atoms with Crippen LogP contribution in [0.25, 0.3) is 0 Å². The molecule has 0 saturated carbocycles. The summed E-state index contributed by atoms with van der Waals surface area (Å²) in [5.74, 6) is -0.0603. The Kier molecular flexibility index (Phi) is 4.97. The normalized spacial score (nSPS) is 12.7. The van der Waals surface area contributed by atoms with Crippen LogP contribution in [0.1, 0.15) is 13.8 Å². The molecular weight excluding hydrogens is 303 g/mol. The molecule has 0 aliphatic rings. The number of halogens is 2. The zero-order valence-electron chi connectivity index (χ0n) is 6.39. The minimum absolute atomic E-state index is 0.0301. The van der Waals surface area contributed by atoms with Gasteiger partial charge < -0.3 is 0 Å². The third-order valence-electron chi connectivity index (χ3n) is 0.829. The molecule has 0 aliphatic heterocycles. The molecule has 66 valence electrons. The number of ketones is 2. The average Bonchev–Trinajstić information content (AvgIpc) is 1.53. The van der Waals surface area contributed by atoms with E-state index in [0.717, 1.165) is 0 Å². The van der Waals surface area contributed by atoms with E-state index in [1.165, 1.54) is 13.8 Å². The van der Waals surface area contributed by atoms with Crippen molar-refractivity contribution in [2.75, 3.05) is 0 Å². The average molecular weight is 313 g/mol. The first-order valence-electron chi connectivity index (χ1n) is 3.00. The molecule has 0 unspecified atom stereocenters. The molecule has 2 nitrogen and oxygen atoms in total. The summed E-state index contributed by atoms with van der Waals surface area (Å²) in [6.07, 6.45) is 0. The van der Waals surface area contributed by atoms with Crippen LogP contribution in [0.2, 0.25) is 8.94 Å². The minimum atomic E-state index is -3.09. The van der Waals surface area contributed by atoms with Crippen molar-refractivity contribution in [1.82, 2.24) is 0 Å². The monoisotopic (exact) mass is 314 g/mol. The first-order chi connectivity index (χ1) is 4.83. The van der Waals surface area contributed by atoms with Crippen molar-refractivity contribution < 1.29 is 9.59 Å². The molecule has 0 bridgehead atoms. The fourth-order valence-electron chi connectivity index (χ4n) is 0.646. The van der Waals surface area contributed by atoms with E-state index < -0.39 is 15.9 Å². The maximum atomic E-state index is 10.6. The second kappa shape index (κ2) is 4.67. The standard InChI is InChI=1S/C6H10Cl2O2Te/c1-5(9)3-11(7,8)4-6(2)10/h3-4H2,1-2H3. The van der Waals surface area contributed by atoms with Gasteiger partial charge in [0.1, 0.15) is 0 Å². The van der Waals surface area contributed by atoms with Crippen molar-refractivity contribution in [3.8, 4) is 0 Å². The second-order valence-corrected chi connectivity index (χ2v) is 17.0. The van der Waals surface area contributed by atoms with Gasteiger partial charge in [0, 0.05) is 0 Å². The Balaban J connectivity index is 3.99. The van der Waals surface area contributed by atoms with Gasteiger partial charge in [-0.2, -0.15) is 0 Å². The number of carbonyl (C=O) groups excluding carboxylic acids is 2. The van der Waals surface area contributed by atoms with Crippen LogP contribution >= 0.6 is 17.9 Å². The predicted molar refractivity (Wildman–Crippen MR) is 48.4 cm³/mol. The van der Waals surface area contributed by atoms with Gasteiger partial charge in [0.25, 0.3) is 0 Å². The molecule has 0 N–H and O–H groups in total. The summed E-state index contributed by atoms with van der Waals surface area (Å²) in [6.45, 7) is 2.87. The van der Waals surface area contributed by atoms with E-state index in [1.54, 1.807) is 0 Å². The van der Waals surface area contributed by atoms with E-state index in [1.807, 2.05) is 0 Å². The van der Waals surface area contributed by atoms with E-state index in [4.69, 9.17) is 17.9 Å². The van der Waals surface area contributed by atoms with E-state index in [9.17, 15) is 9.59 Å². The molecule has 0 aliphatic carbocycles.